The summed E-state index contributed by atoms with van der Waals surface area (Å²) in [5.41, 5.74) is 4.35. The largest absolute Gasteiger partial charge is 0.439 e. The summed E-state index contributed by atoms with van der Waals surface area (Å²) in [7, 11) is 0. The van der Waals surface area contributed by atoms with Crippen LogP contribution in [-0.4, -0.2) is 19.5 Å². The molecule has 0 unspecified atom stereocenters. The molecule has 3 heterocycles. The highest BCUT2D eigenvalue weighted by molar-refractivity contribution is 6.10. The molecule has 3 aromatic heterocycles. The van der Waals surface area contributed by atoms with E-state index in [0.717, 1.165) is 33.7 Å². The maximum atomic E-state index is 5.93. The zero-order valence-electron chi connectivity index (χ0n) is 17.1. The van der Waals surface area contributed by atoms with Crippen molar-refractivity contribution in [2.24, 2.45) is 0 Å². The Labute approximate surface area is 184 Å². The van der Waals surface area contributed by atoms with Crippen LogP contribution in [0, 0.1) is 0 Å². The molecule has 0 amide bonds. The number of benzene rings is 3. The fraction of sp³-hybridized carbons (Fsp3) is 0. The number of hydrogen-bond donors (Lipinski definition) is 0. The van der Waals surface area contributed by atoms with E-state index in [9.17, 15) is 0 Å². The van der Waals surface area contributed by atoms with E-state index >= 15 is 0 Å². The summed E-state index contributed by atoms with van der Waals surface area (Å²) >= 11 is 0. The van der Waals surface area contributed by atoms with Gasteiger partial charge in [0.2, 0.25) is 5.88 Å². The van der Waals surface area contributed by atoms with E-state index in [2.05, 4.69) is 62.0 Å². The molecule has 6 rings (SSSR count). The van der Waals surface area contributed by atoms with Crippen LogP contribution in [0.4, 0.5) is 0 Å². The Hall–Kier alpha value is -4.51. The molecule has 5 nitrogen and oxygen atoms in total. The molecule has 0 bridgehead atoms. The first-order chi connectivity index (χ1) is 15.9. The van der Waals surface area contributed by atoms with E-state index in [0.29, 0.717) is 5.88 Å². The normalized spacial score (nSPS) is 11.1. The third-order valence-electron chi connectivity index (χ3n) is 5.48. The molecule has 0 aliphatic carbocycles. The van der Waals surface area contributed by atoms with Crippen LogP contribution in [0.5, 0.6) is 11.6 Å². The van der Waals surface area contributed by atoms with Gasteiger partial charge < -0.3 is 4.74 Å². The molecule has 6 aromatic rings. The molecule has 152 valence electrons. The molecular weight excluding hydrogens is 396 g/mol. The van der Waals surface area contributed by atoms with Crippen molar-refractivity contribution in [2.75, 3.05) is 0 Å². The van der Waals surface area contributed by atoms with Gasteiger partial charge in [0, 0.05) is 35.4 Å². The Morgan fingerprint density at radius 2 is 1.50 bits per heavy atom. The van der Waals surface area contributed by atoms with Crippen LogP contribution in [-0.2, 0) is 0 Å². The van der Waals surface area contributed by atoms with Crippen molar-refractivity contribution in [2.45, 2.75) is 0 Å². The smallest absolute Gasteiger partial charge is 0.219 e. The maximum absolute atomic E-state index is 5.93. The Morgan fingerprint density at radius 3 is 2.38 bits per heavy atom. The van der Waals surface area contributed by atoms with Crippen LogP contribution in [0.15, 0.2) is 110 Å². The van der Waals surface area contributed by atoms with Gasteiger partial charge in [0.05, 0.1) is 17.2 Å². The SMILES string of the molecule is c1ccc(Oc2cccc(-c3ccc4c5ccccc5n(-c5cnccn5)c4c3)c2)nc1. The number of pyridine rings is 1. The van der Waals surface area contributed by atoms with Crippen molar-refractivity contribution in [3.63, 3.8) is 0 Å². The molecule has 5 heteroatoms. The highest BCUT2D eigenvalue weighted by Crippen LogP contribution is 2.35. The van der Waals surface area contributed by atoms with Gasteiger partial charge in [-0.05, 0) is 41.5 Å². The van der Waals surface area contributed by atoms with Gasteiger partial charge in [-0.15, -0.1) is 0 Å². The fourth-order valence-corrected chi connectivity index (χ4v) is 4.07. The molecule has 0 atom stereocenters. The van der Waals surface area contributed by atoms with Gasteiger partial charge in [-0.1, -0.05) is 48.5 Å². The summed E-state index contributed by atoms with van der Waals surface area (Å²) in [5, 5.41) is 2.36. The topological polar surface area (TPSA) is 52.8 Å². The first kappa shape index (κ1) is 18.3. The van der Waals surface area contributed by atoms with E-state index in [1.54, 1.807) is 24.8 Å². The first-order valence-corrected chi connectivity index (χ1v) is 10.4. The van der Waals surface area contributed by atoms with Crippen LogP contribution in [0.25, 0.3) is 38.8 Å². The Morgan fingerprint density at radius 1 is 0.625 bits per heavy atom. The Balaban J connectivity index is 1.50. The summed E-state index contributed by atoms with van der Waals surface area (Å²) in [6.07, 6.45) is 6.92. The van der Waals surface area contributed by atoms with Gasteiger partial charge in [0.1, 0.15) is 5.75 Å². The molecule has 0 N–H and O–H groups in total. The number of nitrogens with zero attached hydrogens (tertiary/aromatic N) is 4. The van der Waals surface area contributed by atoms with E-state index < -0.39 is 0 Å². The average Bonchev–Trinajstić information content (AvgIpc) is 3.19. The highest BCUT2D eigenvalue weighted by atomic mass is 16.5. The Kier molecular flexibility index (Phi) is 4.36. The van der Waals surface area contributed by atoms with Crippen LogP contribution in [0.2, 0.25) is 0 Å². The second-order valence-corrected chi connectivity index (χ2v) is 7.45. The summed E-state index contributed by atoms with van der Waals surface area (Å²) in [6, 6.07) is 28.6. The number of fused-ring (bicyclic) bond motifs is 3. The summed E-state index contributed by atoms with van der Waals surface area (Å²) < 4.78 is 8.10. The van der Waals surface area contributed by atoms with Gasteiger partial charge >= 0.3 is 0 Å². The van der Waals surface area contributed by atoms with Gasteiger partial charge in [0.15, 0.2) is 5.82 Å². The summed E-state index contributed by atoms with van der Waals surface area (Å²) in [4.78, 5) is 13.1. The molecule has 0 spiro atoms. The summed E-state index contributed by atoms with van der Waals surface area (Å²) in [5.74, 6) is 2.11. The molecule has 0 aliphatic heterocycles. The summed E-state index contributed by atoms with van der Waals surface area (Å²) in [6.45, 7) is 0. The van der Waals surface area contributed by atoms with Crippen molar-refractivity contribution in [3.05, 3.63) is 110 Å². The number of hydrogen-bond acceptors (Lipinski definition) is 4. The molecule has 0 fully saturated rings. The minimum atomic E-state index is 0.572. The standard InChI is InChI=1S/C27H18N4O/c1-2-9-24-22(8-1)23-12-11-20(17-25(23)31(24)26-18-28-14-15-29-26)19-6-5-7-21(16-19)32-27-10-3-4-13-30-27/h1-18H. The molecular formula is C27H18N4O. The highest BCUT2D eigenvalue weighted by Gasteiger charge is 2.14. The Bertz CT molecular complexity index is 1540. The first-order valence-electron chi connectivity index (χ1n) is 10.4. The molecule has 0 saturated carbocycles. The van der Waals surface area contributed by atoms with Crippen LogP contribution in [0.3, 0.4) is 0 Å². The maximum Gasteiger partial charge on any atom is 0.219 e. The van der Waals surface area contributed by atoms with Crippen molar-refractivity contribution in [1.82, 2.24) is 19.5 Å². The number of ether oxygens (including phenoxy) is 1. The van der Waals surface area contributed by atoms with Crippen LogP contribution in [0.1, 0.15) is 0 Å². The third-order valence-corrected chi connectivity index (χ3v) is 5.48. The molecule has 0 saturated heterocycles. The van der Waals surface area contributed by atoms with Gasteiger partial charge in [0.25, 0.3) is 0 Å². The number of aromatic nitrogens is 4. The van der Waals surface area contributed by atoms with Gasteiger partial charge in [-0.2, -0.15) is 0 Å². The van der Waals surface area contributed by atoms with Crippen LogP contribution < -0.4 is 4.74 Å². The molecule has 0 radical (unpaired) electrons. The monoisotopic (exact) mass is 414 g/mol. The van der Waals surface area contributed by atoms with Gasteiger partial charge in [-0.3, -0.25) is 9.55 Å². The minimum absolute atomic E-state index is 0.572. The lowest BCUT2D eigenvalue weighted by atomic mass is 10.0. The zero-order valence-corrected chi connectivity index (χ0v) is 17.1. The van der Waals surface area contributed by atoms with E-state index in [1.807, 2.05) is 42.5 Å². The zero-order chi connectivity index (χ0) is 21.3. The predicted molar refractivity (Wildman–Crippen MR) is 126 cm³/mol. The van der Waals surface area contributed by atoms with Crippen molar-refractivity contribution >= 4 is 21.8 Å². The number of rotatable bonds is 4. The van der Waals surface area contributed by atoms with Crippen molar-refractivity contribution in [3.8, 4) is 28.6 Å². The predicted octanol–water partition coefficient (Wildman–Crippen LogP) is 6.43. The lowest BCUT2D eigenvalue weighted by Gasteiger charge is -2.09. The molecule has 32 heavy (non-hydrogen) atoms. The molecule has 3 aromatic carbocycles. The average molecular weight is 414 g/mol. The third kappa shape index (κ3) is 3.17. The van der Waals surface area contributed by atoms with E-state index in [1.165, 1.54) is 10.8 Å². The molecule has 0 aliphatic rings. The van der Waals surface area contributed by atoms with Crippen LogP contribution >= 0.6 is 0 Å². The van der Waals surface area contributed by atoms with Crippen molar-refractivity contribution in [1.29, 1.82) is 0 Å². The van der Waals surface area contributed by atoms with E-state index in [-0.39, 0.29) is 0 Å². The lowest BCUT2D eigenvalue weighted by Crippen LogP contribution is -1.97. The number of para-hydroxylation sites is 1. The van der Waals surface area contributed by atoms with Gasteiger partial charge in [-0.25, -0.2) is 9.97 Å². The quantitative estimate of drug-likeness (QED) is 0.334. The second-order valence-electron chi connectivity index (χ2n) is 7.45. The van der Waals surface area contributed by atoms with E-state index in [4.69, 9.17) is 4.74 Å². The lowest BCUT2D eigenvalue weighted by molar-refractivity contribution is 0.463. The van der Waals surface area contributed by atoms with Crippen molar-refractivity contribution < 1.29 is 4.74 Å². The second kappa shape index (κ2) is 7.63. The minimum Gasteiger partial charge on any atom is -0.439 e. The fourth-order valence-electron chi connectivity index (χ4n) is 4.07.